The molecule has 2 aromatic rings. The first-order valence-electron chi connectivity index (χ1n) is 10.8. The van der Waals surface area contributed by atoms with Gasteiger partial charge in [-0.15, -0.1) is 0 Å². The minimum absolute atomic E-state index is 0.0582. The number of benzene rings is 2. The van der Waals surface area contributed by atoms with Crippen LogP contribution in [0, 0.1) is 0 Å². The number of carbonyl (C=O) groups excluding carboxylic acids is 2. The van der Waals surface area contributed by atoms with Crippen LogP contribution in [0.1, 0.15) is 50.3 Å². The molecule has 158 valence electrons. The molecule has 2 fully saturated rings. The molecule has 1 saturated heterocycles. The second-order valence-corrected chi connectivity index (χ2v) is 9.53. The van der Waals surface area contributed by atoms with Gasteiger partial charge in [0, 0.05) is 25.3 Å². The van der Waals surface area contributed by atoms with Crippen LogP contribution < -0.4 is 15.5 Å². The van der Waals surface area contributed by atoms with E-state index >= 15 is 0 Å². The van der Waals surface area contributed by atoms with Gasteiger partial charge in [0.25, 0.3) is 0 Å². The fraction of sp³-hybridized carbons (Fsp3) is 0.440. The first-order chi connectivity index (χ1) is 14.3. The van der Waals surface area contributed by atoms with Gasteiger partial charge >= 0.3 is 0 Å². The molecule has 0 radical (unpaired) electrons. The number of nitrogens with one attached hydrogen (secondary N) is 2. The van der Waals surface area contributed by atoms with Gasteiger partial charge in [0.05, 0.1) is 12.0 Å². The highest BCUT2D eigenvalue weighted by atomic mass is 16.2. The van der Waals surface area contributed by atoms with Crippen molar-refractivity contribution in [1.82, 2.24) is 10.6 Å². The SMILES string of the molecule is CC(C)(C)c1ccc(C2(C(=O)NCc3ccc(N4CCNC(=O)C4)cc3)CC2)cc1. The average molecular weight is 406 g/mol. The predicted molar refractivity (Wildman–Crippen MR) is 120 cm³/mol. The maximum Gasteiger partial charge on any atom is 0.239 e. The van der Waals surface area contributed by atoms with Crippen LogP contribution in [-0.2, 0) is 27.0 Å². The topological polar surface area (TPSA) is 61.4 Å². The highest BCUT2D eigenvalue weighted by molar-refractivity contribution is 5.91. The van der Waals surface area contributed by atoms with Crippen LogP contribution in [0.3, 0.4) is 0 Å². The van der Waals surface area contributed by atoms with Gasteiger partial charge in [-0.05, 0) is 47.1 Å². The highest BCUT2D eigenvalue weighted by Crippen LogP contribution is 2.48. The van der Waals surface area contributed by atoms with Crippen molar-refractivity contribution < 1.29 is 9.59 Å². The summed E-state index contributed by atoms with van der Waals surface area (Å²) in [5.41, 5.74) is 4.25. The number of carbonyl (C=O) groups is 2. The third-order valence-electron chi connectivity index (χ3n) is 6.28. The third-order valence-corrected chi connectivity index (χ3v) is 6.28. The molecule has 4 rings (SSSR count). The molecule has 2 N–H and O–H groups in total. The van der Waals surface area contributed by atoms with Gasteiger partial charge in [-0.3, -0.25) is 9.59 Å². The number of rotatable bonds is 5. The lowest BCUT2D eigenvalue weighted by atomic mass is 9.85. The Labute approximate surface area is 178 Å². The molecule has 2 amide bonds. The number of piperazine rings is 1. The summed E-state index contributed by atoms with van der Waals surface area (Å²) >= 11 is 0. The van der Waals surface area contributed by atoms with Crippen LogP contribution in [0.25, 0.3) is 0 Å². The summed E-state index contributed by atoms with van der Waals surface area (Å²) in [7, 11) is 0. The molecular formula is C25H31N3O2. The van der Waals surface area contributed by atoms with E-state index < -0.39 is 0 Å². The highest BCUT2D eigenvalue weighted by Gasteiger charge is 2.51. The lowest BCUT2D eigenvalue weighted by Gasteiger charge is -2.28. The molecule has 1 aliphatic heterocycles. The molecule has 0 spiro atoms. The molecular weight excluding hydrogens is 374 g/mol. The van der Waals surface area contributed by atoms with Gasteiger partial charge in [0.15, 0.2) is 0 Å². The van der Waals surface area contributed by atoms with E-state index in [1.54, 1.807) is 0 Å². The zero-order valence-corrected chi connectivity index (χ0v) is 18.1. The number of hydrogen-bond acceptors (Lipinski definition) is 3. The van der Waals surface area contributed by atoms with Crippen LogP contribution in [0.15, 0.2) is 48.5 Å². The molecule has 1 aliphatic carbocycles. The smallest absolute Gasteiger partial charge is 0.239 e. The standard InChI is InChI=1S/C25H31N3O2/c1-24(2,3)19-6-8-20(9-7-19)25(12-13-25)23(30)27-16-18-4-10-21(11-5-18)28-15-14-26-22(29)17-28/h4-11H,12-17H2,1-3H3,(H,26,29)(H,27,30). The molecule has 1 heterocycles. The number of hydrogen-bond donors (Lipinski definition) is 2. The van der Waals surface area contributed by atoms with Crippen LogP contribution >= 0.6 is 0 Å². The lowest BCUT2D eigenvalue weighted by Crippen LogP contribution is -2.47. The number of nitrogens with zero attached hydrogens (tertiary/aromatic N) is 1. The van der Waals surface area contributed by atoms with Crippen molar-refractivity contribution in [2.24, 2.45) is 0 Å². The summed E-state index contributed by atoms with van der Waals surface area (Å²) in [4.78, 5) is 26.6. The van der Waals surface area contributed by atoms with Gasteiger partial charge in [-0.2, -0.15) is 0 Å². The van der Waals surface area contributed by atoms with Crippen LogP contribution in [0.5, 0.6) is 0 Å². The van der Waals surface area contributed by atoms with Crippen molar-refractivity contribution in [3.63, 3.8) is 0 Å². The van der Waals surface area contributed by atoms with Gasteiger partial charge in [0.2, 0.25) is 11.8 Å². The molecule has 30 heavy (non-hydrogen) atoms. The summed E-state index contributed by atoms with van der Waals surface area (Å²) in [5, 5.41) is 5.98. The molecule has 0 atom stereocenters. The van der Waals surface area contributed by atoms with Crippen molar-refractivity contribution >= 4 is 17.5 Å². The summed E-state index contributed by atoms with van der Waals surface area (Å²) in [6.07, 6.45) is 1.81. The van der Waals surface area contributed by atoms with Crippen LogP contribution in [-0.4, -0.2) is 31.4 Å². The zero-order valence-electron chi connectivity index (χ0n) is 18.1. The Kier molecular flexibility index (Phi) is 5.31. The van der Waals surface area contributed by atoms with E-state index in [2.05, 4.69) is 60.6 Å². The Morgan fingerprint density at radius 3 is 2.30 bits per heavy atom. The van der Waals surface area contributed by atoms with E-state index in [9.17, 15) is 9.59 Å². The fourth-order valence-electron chi connectivity index (χ4n) is 4.10. The number of amides is 2. The van der Waals surface area contributed by atoms with Gasteiger partial charge in [-0.1, -0.05) is 57.2 Å². The molecule has 2 aromatic carbocycles. The normalized spacial score (nSPS) is 18.0. The molecule has 0 unspecified atom stereocenters. The number of anilines is 1. The van der Waals surface area contributed by atoms with Gasteiger partial charge < -0.3 is 15.5 Å². The van der Waals surface area contributed by atoms with E-state index in [-0.39, 0.29) is 22.6 Å². The van der Waals surface area contributed by atoms with Gasteiger partial charge in [-0.25, -0.2) is 0 Å². The maximum atomic E-state index is 13.0. The first-order valence-corrected chi connectivity index (χ1v) is 10.8. The van der Waals surface area contributed by atoms with Crippen molar-refractivity contribution in [1.29, 1.82) is 0 Å². The summed E-state index contributed by atoms with van der Waals surface area (Å²) in [6, 6.07) is 16.7. The van der Waals surface area contributed by atoms with Crippen LogP contribution in [0.4, 0.5) is 5.69 Å². The van der Waals surface area contributed by atoms with Crippen LogP contribution in [0.2, 0.25) is 0 Å². The van der Waals surface area contributed by atoms with E-state index in [1.165, 1.54) is 5.56 Å². The Morgan fingerprint density at radius 2 is 1.73 bits per heavy atom. The maximum absolute atomic E-state index is 13.0. The van der Waals surface area contributed by atoms with E-state index in [0.29, 0.717) is 19.6 Å². The largest absolute Gasteiger partial charge is 0.360 e. The van der Waals surface area contributed by atoms with Crippen molar-refractivity contribution in [3.8, 4) is 0 Å². The summed E-state index contributed by atoms with van der Waals surface area (Å²) in [6.45, 7) is 9.01. The first kappa shape index (κ1) is 20.5. The quantitative estimate of drug-likeness (QED) is 0.803. The Hall–Kier alpha value is -2.82. The van der Waals surface area contributed by atoms with E-state index in [1.807, 2.05) is 24.3 Å². The van der Waals surface area contributed by atoms with Crippen molar-refractivity contribution in [2.75, 3.05) is 24.5 Å². The van der Waals surface area contributed by atoms with Crippen molar-refractivity contribution in [2.45, 2.75) is 51.0 Å². The summed E-state index contributed by atoms with van der Waals surface area (Å²) < 4.78 is 0. The second kappa shape index (κ2) is 7.78. The molecule has 0 aromatic heterocycles. The molecule has 5 heteroatoms. The van der Waals surface area contributed by atoms with E-state index in [0.717, 1.165) is 36.2 Å². The zero-order chi connectivity index (χ0) is 21.4. The van der Waals surface area contributed by atoms with Crippen molar-refractivity contribution in [3.05, 3.63) is 65.2 Å². The minimum atomic E-state index is -0.364. The van der Waals surface area contributed by atoms with E-state index in [4.69, 9.17) is 0 Å². The molecule has 1 saturated carbocycles. The Bertz CT molecular complexity index is 922. The Morgan fingerprint density at radius 1 is 1.07 bits per heavy atom. The monoisotopic (exact) mass is 405 g/mol. The fourth-order valence-corrected chi connectivity index (χ4v) is 4.10. The average Bonchev–Trinajstić information content (AvgIpc) is 3.54. The molecule has 2 aliphatic rings. The summed E-state index contributed by atoms with van der Waals surface area (Å²) in [5.74, 6) is 0.172. The van der Waals surface area contributed by atoms with Gasteiger partial charge in [0.1, 0.15) is 0 Å². The minimum Gasteiger partial charge on any atom is -0.360 e. The lowest BCUT2D eigenvalue weighted by molar-refractivity contribution is -0.123. The Balaban J connectivity index is 1.37. The third kappa shape index (κ3) is 4.20. The molecule has 5 nitrogen and oxygen atoms in total. The molecule has 0 bridgehead atoms. The predicted octanol–water partition coefficient (Wildman–Crippen LogP) is 3.27. The second-order valence-electron chi connectivity index (χ2n) is 9.53.